The molecule has 0 atom stereocenters. The quantitative estimate of drug-likeness (QED) is 0.687. The first-order valence-electron chi connectivity index (χ1n) is 8.67. The topological polar surface area (TPSA) is 69.0 Å². The largest absolute Gasteiger partial charge is 0.331 e. The zero-order chi connectivity index (χ0) is 18.9. The van der Waals surface area contributed by atoms with Crippen molar-refractivity contribution in [3.8, 4) is 0 Å². The van der Waals surface area contributed by atoms with E-state index in [0.29, 0.717) is 17.6 Å². The van der Waals surface area contributed by atoms with Crippen LogP contribution in [0.2, 0.25) is 0 Å². The van der Waals surface area contributed by atoms with Gasteiger partial charge < -0.3 is 4.57 Å². The van der Waals surface area contributed by atoms with Gasteiger partial charge in [-0.3, -0.25) is 4.79 Å². The van der Waals surface area contributed by atoms with E-state index in [4.69, 9.17) is 0 Å². The van der Waals surface area contributed by atoms with Crippen LogP contribution < -0.4 is 5.43 Å². The average molecular weight is 370 g/mol. The van der Waals surface area contributed by atoms with Crippen LogP contribution in [0.3, 0.4) is 0 Å². The van der Waals surface area contributed by atoms with Crippen molar-refractivity contribution >= 4 is 20.9 Å². The first-order chi connectivity index (χ1) is 12.3. The van der Waals surface area contributed by atoms with Crippen molar-refractivity contribution in [2.75, 3.05) is 0 Å². The number of hydrogen-bond acceptors (Lipinski definition) is 4. The fourth-order valence-electron chi connectivity index (χ4n) is 2.87. The summed E-state index contributed by atoms with van der Waals surface area (Å²) in [4.78, 5) is 17.3. The van der Waals surface area contributed by atoms with Crippen LogP contribution in [0.15, 0.2) is 57.2 Å². The van der Waals surface area contributed by atoms with E-state index in [1.54, 1.807) is 28.8 Å². The van der Waals surface area contributed by atoms with Gasteiger partial charge in [0.2, 0.25) is 15.3 Å². The van der Waals surface area contributed by atoms with Crippen LogP contribution in [0.1, 0.15) is 31.0 Å². The molecule has 1 aromatic carbocycles. The molecule has 0 aliphatic heterocycles. The summed E-state index contributed by atoms with van der Waals surface area (Å²) < 4.78 is 27.9. The molecule has 3 rings (SSSR count). The maximum Gasteiger partial charge on any atom is 0.211 e. The zero-order valence-electron chi connectivity index (χ0n) is 15.2. The number of aryl methyl sites for hydroxylation is 3. The summed E-state index contributed by atoms with van der Waals surface area (Å²) in [5, 5.41) is 0.333. The highest BCUT2D eigenvalue weighted by Gasteiger charge is 2.24. The van der Waals surface area contributed by atoms with Crippen LogP contribution in [0.5, 0.6) is 0 Å². The Balaban J connectivity index is 2.29. The lowest BCUT2D eigenvalue weighted by Crippen LogP contribution is -2.20. The van der Waals surface area contributed by atoms with E-state index in [1.165, 1.54) is 18.3 Å². The van der Waals surface area contributed by atoms with E-state index in [2.05, 4.69) is 11.9 Å². The van der Waals surface area contributed by atoms with Crippen molar-refractivity contribution in [2.45, 2.75) is 49.9 Å². The molecule has 0 saturated heterocycles. The van der Waals surface area contributed by atoms with E-state index in [-0.39, 0.29) is 9.79 Å². The monoisotopic (exact) mass is 370 g/mol. The SMILES string of the molecule is CCCCn1cc(S(=O)(=O)c2ccc(C)cc2)c(=O)c2ccc(C)nc21. The van der Waals surface area contributed by atoms with Gasteiger partial charge in [-0.05, 0) is 44.5 Å². The normalized spacial score (nSPS) is 11.8. The molecule has 5 nitrogen and oxygen atoms in total. The Morgan fingerprint density at radius 3 is 2.38 bits per heavy atom. The van der Waals surface area contributed by atoms with Gasteiger partial charge in [-0.1, -0.05) is 31.0 Å². The third-order valence-electron chi connectivity index (χ3n) is 4.40. The molecule has 0 saturated carbocycles. The highest BCUT2D eigenvalue weighted by Crippen LogP contribution is 2.21. The van der Waals surface area contributed by atoms with Crippen molar-refractivity contribution in [2.24, 2.45) is 0 Å². The summed E-state index contributed by atoms with van der Waals surface area (Å²) in [6.07, 6.45) is 3.28. The van der Waals surface area contributed by atoms with Gasteiger partial charge in [-0.2, -0.15) is 0 Å². The van der Waals surface area contributed by atoms with E-state index >= 15 is 0 Å². The predicted octanol–water partition coefficient (Wildman–Crippen LogP) is 3.65. The lowest BCUT2D eigenvalue weighted by atomic mass is 10.2. The number of pyridine rings is 2. The van der Waals surface area contributed by atoms with Crippen molar-refractivity contribution in [3.63, 3.8) is 0 Å². The number of fused-ring (bicyclic) bond motifs is 1. The second-order valence-corrected chi connectivity index (χ2v) is 8.43. The van der Waals surface area contributed by atoms with Crippen LogP contribution in [0.25, 0.3) is 11.0 Å². The number of sulfone groups is 1. The minimum Gasteiger partial charge on any atom is -0.331 e. The van der Waals surface area contributed by atoms with E-state index in [1.807, 2.05) is 13.8 Å². The van der Waals surface area contributed by atoms with Crippen molar-refractivity contribution in [1.29, 1.82) is 0 Å². The number of rotatable bonds is 5. The number of hydrogen-bond donors (Lipinski definition) is 0. The Morgan fingerprint density at radius 2 is 1.73 bits per heavy atom. The molecule has 136 valence electrons. The molecule has 2 aromatic heterocycles. The molecule has 0 amide bonds. The first kappa shape index (κ1) is 18.3. The van der Waals surface area contributed by atoms with Gasteiger partial charge in [0.25, 0.3) is 0 Å². The van der Waals surface area contributed by atoms with E-state index in [9.17, 15) is 13.2 Å². The Kier molecular flexibility index (Phi) is 4.96. The Labute approximate surface area is 153 Å². The number of aromatic nitrogens is 2. The number of nitrogens with zero attached hydrogens (tertiary/aromatic N) is 2. The summed E-state index contributed by atoms with van der Waals surface area (Å²) in [6.45, 7) is 6.41. The Hall–Kier alpha value is -2.47. The summed E-state index contributed by atoms with van der Waals surface area (Å²) >= 11 is 0. The average Bonchev–Trinajstić information content (AvgIpc) is 2.61. The van der Waals surface area contributed by atoms with Crippen LogP contribution >= 0.6 is 0 Å². The molecular formula is C20H22N2O3S. The number of benzene rings is 1. The minimum atomic E-state index is -3.90. The van der Waals surface area contributed by atoms with Crippen LogP contribution in [0, 0.1) is 13.8 Å². The Morgan fingerprint density at radius 1 is 1.04 bits per heavy atom. The molecule has 26 heavy (non-hydrogen) atoms. The van der Waals surface area contributed by atoms with E-state index in [0.717, 1.165) is 24.1 Å². The molecule has 0 spiro atoms. The van der Waals surface area contributed by atoms with Crippen LogP contribution in [-0.4, -0.2) is 18.0 Å². The number of unbranched alkanes of at least 4 members (excludes halogenated alkanes) is 1. The van der Waals surface area contributed by atoms with Crippen molar-refractivity contribution < 1.29 is 8.42 Å². The van der Waals surface area contributed by atoms with Gasteiger partial charge in [0.1, 0.15) is 10.5 Å². The second-order valence-electron chi connectivity index (χ2n) is 6.51. The smallest absolute Gasteiger partial charge is 0.211 e. The lowest BCUT2D eigenvalue weighted by molar-refractivity contribution is 0.590. The van der Waals surface area contributed by atoms with Gasteiger partial charge in [0.05, 0.1) is 10.3 Å². The summed E-state index contributed by atoms with van der Waals surface area (Å²) in [6, 6.07) is 9.94. The van der Waals surface area contributed by atoms with Gasteiger partial charge in [-0.15, -0.1) is 0 Å². The molecule has 0 aliphatic carbocycles. The zero-order valence-corrected chi connectivity index (χ0v) is 16.0. The van der Waals surface area contributed by atoms with Crippen LogP contribution in [0.4, 0.5) is 0 Å². The van der Waals surface area contributed by atoms with Gasteiger partial charge in [0.15, 0.2) is 0 Å². The Bertz CT molecular complexity index is 1110. The second kappa shape index (κ2) is 7.03. The molecule has 0 N–H and O–H groups in total. The summed E-state index contributed by atoms with van der Waals surface area (Å²) in [7, 11) is -3.90. The molecule has 2 heterocycles. The van der Waals surface area contributed by atoms with Gasteiger partial charge >= 0.3 is 0 Å². The molecule has 0 fully saturated rings. The van der Waals surface area contributed by atoms with Gasteiger partial charge in [0, 0.05) is 18.4 Å². The first-order valence-corrected chi connectivity index (χ1v) is 10.2. The molecule has 0 unspecified atom stereocenters. The van der Waals surface area contributed by atoms with Crippen molar-refractivity contribution in [1.82, 2.24) is 9.55 Å². The molecular weight excluding hydrogens is 348 g/mol. The minimum absolute atomic E-state index is 0.127. The molecule has 6 heteroatoms. The standard InChI is InChI=1S/C20H22N2O3S/c1-4-5-12-22-13-18(19(23)17-11-8-15(3)21-20(17)22)26(24,25)16-9-6-14(2)7-10-16/h6-11,13H,4-5,12H2,1-3H3. The fourth-order valence-corrected chi connectivity index (χ4v) is 4.24. The highest BCUT2D eigenvalue weighted by atomic mass is 32.2. The third-order valence-corrected chi connectivity index (χ3v) is 6.16. The highest BCUT2D eigenvalue weighted by molar-refractivity contribution is 7.91. The summed E-state index contributed by atoms with van der Waals surface area (Å²) in [5.41, 5.74) is 1.78. The maximum atomic E-state index is 13.1. The third kappa shape index (κ3) is 3.29. The molecule has 3 aromatic rings. The molecule has 0 bridgehead atoms. The van der Waals surface area contributed by atoms with Crippen molar-refractivity contribution in [3.05, 3.63) is 64.1 Å². The molecule has 0 aliphatic rings. The lowest BCUT2D eigenvalue weighted by Gasteiger charge is -2.13. The maximum absolute atomic E-state index is 13.1. The van der Waals surface area contributed by atoms with E-state index < -0.39 is 15.3 Å². The molecule has 0 radical (unpaired) electrons. The fraction of sp³-hybridized carbons (Fsp3) is 0.300. The summed E-state index contributed by atoms with van der Waals surface area (Å²) in [5.74, 6) is 0. The van der Waals surface area contributed by atoms with Gasteiger partial charge in [-0.25, -0.2) is 13.4 Å². The van der Waals surface area contributed by atoms with Crippen LogP contribution in [-0.2, 0) is 16.4 Å². The predicted molar refractivity (Wildman–Crippen MR) is 102 cm³/mol.